The van der Waals surface area contributed by atoms with Crippen molar-refractivity contribution < 1.29 is 13.2 Å². The van der Waals surface area contributed by atoms with Gasteiger partial charge < -0.3 is 5.32 Å². The molecule has 1 amide bonds. The minimum Gasteiger partial charge on any atom is -0.348 e. The maximum atomic E-state index is 12.9. The van der Waals surface area contributed by atoms with Crippen LogP contribution in [-0.4, -0.2) is 37.8 Å². The average molecular weight is 377 g/mol. The van der Waals surface area contributed by atoms with Gasteiger partial charge >= 0.3 is 0 Å². The zero-order valence-electron chi connectivity index (χ0n) is 15.8. The van der Waals surface area contributed by atoms with E-state index in [0.717, 1.165) is 6.42 Å². The Morgan fingerprint density at radius 1 is 1.23 bits per heavy atom. The number of nitrogens with zero attached hydrogens (tertiary/aromatic N) is 1. The first kappa shape index (κ1) is 18.0. The number of aryl methyl sites for hydroxylation is 1. The van der Waals surface area contributed by atoms with Crippen LogP contribution >= 0.6 is 0 Å². The number of rotatable bonds is 4. The molecule has 1 heterocycles. The van der Waals surface area contributed by atoms with E-state index in [9.17, 15) is 13.2 Å². The number of carbonyl (C=O) groups excluding carboxylic acids is 1. The van der Waals surface area contributed by atoms with Crippen molar-refractivity contribution in [2.45, 2.75) is 57.4 Å². The fraction of sp³-hybridized carbons (Fsp3) is 0.650. The summed E-state index contributed by atoms with van der Waals surface area (Å²) in [6, 6.07) is 5.21. The van der Waals surface area contributed by atoms with Crippen molar-refractivity contribution in [3.8, 4) is 0 Å². The molecule has 2 aliphatic carbocycles. The van der Waals surface area contributed by atoms with Gasteiger partial charge in [0.1, 0.15) is 0 Å². The molecular weight excluding hydrogens is 348 g/mol. The highest BCUT2D eigenvalue weighted by Crippen LogP contribution is 2.55. The minimum atomic E-state index is -3.49. The summed E-state index contributed by atoms with van der Waals surface area (Å²) < 4.78 is 27.0. The Kier molecular flexibility index (Phi) is 4.19. The number of benzene rings is 1. The predicted octanol–water partition coefficient (Wildman–Crippen LogP) is 2.94. The number of fused-ring (bicyclic) bond motifs is 2. The monoisotopic (exact) mass is 376 g/mol. The molecule has 1 saturated heterocycles. The van der Waals surface area contributed by atoms with Crippen LogP contribution in [0.25, 0.3) is 0 Å². The third-order valence-corrected chi connectivity index (χ3v) is 9.01. The molecule has 1 aromatic rings. The number of amides is 1. The van der Waals surface area contributed by atoms with Crippen molar-refractivity contribution in [2.24, 2.45) is 17.3 Å². The van der Waals surface area contributed by atoms with E-state index >= 15 is 0 Å². The summed E-state index contributed by atoms with van der Waals surface area (Å²) in [5.41, 5.74) is 1.23. The van der Waals surface area contributed by atoms with E-state index in [1.807, 2.05) is 0 Å². The molecule has 0 spiro atoms. The molecule has 1 unspecified atom stereocenters. The predicted molar refractivity (Wildman–Crippen MR) is 100 cm³/mol. The zero-order chi connectivity index (χ0) is 18.7. The van der Waals surface area contributed by atoms with Gasteiger partial charge in [-0.1, -0.05) is 19.9 Å². The topological polar surface area (TPSA) is 66.5 Å². The molecule has 6 heteroatoms. The van der Waals surface area contributed by atoms with Crippen LogP contribution < -0.4 is 5.32 Å². The molecule has 142 valence electrons. The minimum absolute atomic E-state index is 0.107. The molecule has 2 saturated carbocycles. The Morgan fingerprint density at radius 2 is 1.96 bits per heavy atom. The molecule has 3 atom stereocenters. The quantitative estimate of drug-likeness (QED) is 0.879. The highest BCUT2D eigenvalue weighted by atomic mass is 32.2. The molecule has 0 radical (unpaired) electrons. The molecule has 4 rings (SSSR count). The van der Waals surface area contributed by atoms with Crippen LogP contribution in [0.15, 0.2) is 23.1 Å². The summed E-state index contributed by atoms with van der Waals surface area (Å²) in [5, 5.41) is 3.22. The lowest BCUT2D eigenvalue weighted by molar-refractivity contribution is 0.0837. The Hall–Kier alpha value is -1.40. The van der Waals surface area contributed by atoms with Gasteiger partial charge in [0, 0.05) is 24.7 Å². The van der Waals surface area contributed by atoms with E-state index in [1.165, 1.54) is 23.6 Å². The Labute approximate surface area is 156 Å². The van der Waals surface area contributed by atoms with Gasteiger partial charge in [-0.05, 0) is 67.6 Å². The second-order valence-electron chi connectivity index (χ2n) is 8.78. The summed E-state index contributed by atoms with van der Waals surface area (Å²) in [6.45, 7) is 7.41. The average Bonchev–Trinajstić information content (AvgIpc) is 3.07. The highest BCUT2D eigenvalue weighted by molar-refractivity contribution is 7.89. The molecule has 5 nitrogen and oxygen atoms in total. The number of sulfonamides is 1. The standard InChI is InChI=1S/C20H28N2O3S/c1-13-5-6-15(12-17(13)26(24,25)22-9-4-10-22)19(23)21-18-14-7-8-16(11-14)20(18,2)3/h5-6,12,14,16,18H,4,7-11H2,1-3H3,(H,21,23)/t14-,16+,18?/m0/s1. The summed E-state index contributed by atoms with van der Waals surface area (Å²) in [7, 11) is -3.49. The van der Waals surface area contributed by atoms with Crippen molar-refractivity contribution in [1.29, 1.82) is 0 Å². The van der Waals surface area contributed by atoms with Crippen molar-refractivity contribution in [1.82, 2.24) is 9.62 Å². The second-order valence-corrected chi connectivity index (χ2v) is 10.7. The third-order valence-electron chi connectivity index (χ3n) is 6.97. The number of hydrogen-bond donors (Lipinski definition) is 1. The van der Waals surface area contributed by atoms with Crippen LogP contribution in [0.2, 0.25) is 0 Å². The van der Waals surface area contributed by atoms with Gasteiger partial charge in [0.15, 0.2) is 0 Å². The largest absolute Gasteiger partial charge is 0.348 e. The van der Waals surface area contributed by atoms with Gasteiger partial charge in [-0.25, -0.2) is 8.42 Å². The van der Waals surface area contributed by atoms with Gasteiger partial charge in [-0.15, -0.1) is 0 Å². The SMILES string of the molecule is Cc1ccc(C(=O)NC2[C@H]3CC[C@H](C3)C2(C)C)cc1S(=O)(=O)N1CCC1. The smallest absolute Gasteiger partial charge is 0.251 e. The molecule has 1 N–H and O–H groups in total. The Morgan fingerprint density at radius 3 is 2.54 bits per heavy atom. The van der Waals surface area contributed by atoms with Gasteiger partial charge in [0.05, 0.1) is 4.90 Å². The van der Waals surface area contributed by atoms with Crippen LogP contribution in [0.4, 0.5) is 0 Å². The molecule has 1 aliphatic heterocycles. The lowest BCUT2D eigenvalue weighted by Crippen LogP contribution is -2.48. The fourth-order valence-electron chi connectivity index (χ4n) is 5.07. The lowest BCUT2D eigenvalue weighted by Gasteiger charge is -2.38. The van der Waals surface area contributed by atoms with Crippen LogP contribution in [0.1, 0.15) is 55.5 Å². The van der Waals surface area contributed by atoms with E-state index in [2.05, 4.69) is 19.2 Å². The lowest BCUT2D eigenvalue weighted by atomic mass is 9.73. The van der Waals surface area contributed by atoms with Gasteiger partial charge in [-0.3, -0.25) is 4.79 Å². The van der Waals surface area contributed by atoms with E-state index in [1.54, 1.807) is 25.1 Å². The molecule has 26 heavy (non-hydrogen) atoms. The molecule has 3 aliphatic rings. The first-order valence-electron chi connectivity index (χ1n) is 9.63. The molecular formula is C20H28N2O3S. The maximum absolute atomic E-state index is 12.9. The summed E-state index contributed by atoms with van der Waals surface area (Å²) in [5.74, 6) is 1.07. The van der Waals surface area contributed by atoms with Crippen molar-refractivity contribution >= 4 is 15.9 Å². The number of nitrogens with one attached hydrogen (secondary N) is 1. The van der Waals surface area contributed by atoms with Crippen molar-refractivity contribution in [3.63, 3.8) is 0 Å². The van der Waals surface area contributed by atoms with Crippen molar-refractivity contribution in [3.05, 3.63) is 29.3 Å². The molecule has 2 bridgehead atoms. The van der Waals surface area contributed by atoms with E-state index < -0.39 is 10.0 Å². The van der Waals surface area contributed by atoms with Crippen molar-refractivity contribution in [2.75, 3.05) is 13.1 Å². The second kappa shape index (κ2) is 6.06. The zero-order valence-corrected chi connectivity index (χ0v) is 16.6. The molecule has 3 fully saturated rings. The first-order chi connectivity index (χ1) is 12.2. The van der Waals surface area contributed by atoms with E-state index in [0.29, 0.717) is 36.1 Å². The number of carbonyl (C=O) groups is 1. The van der Waals surface area contributed by atoms with Crippen LogP contribution in [0.5, 0.6) is 0 Å². The van der Waals surface area contributed by atoms with Crippen LogP contribution in [0, 0.1) is 24.2 Å². The van der Waals surface area contributed by atoms with E-state index in [4.69, 9.17) is 0 Å². The highest BCUT2D eigenvalue weighted by Gasteiger charge is 2.53. The molecule has 0 aromatic heterocycles. The van der Waals surface area contributed by atoms with Gasteiger partial charge in [0.25, 0.3) is 5.91 Å². The summed E-state index contributed by atoms with van der Waals surface area (Å²) in [6.07, 6.45) is 4.53. The Bertz CT molecular complexity index is 843. The summed E-state index contributed by atoms with van der Waals surface area (Å²) in [4.78, 5) is 13.2. The normalized spacial score (nSPS) is 30.2. The number of hydrogen-bond acceptors (Lipinski definition) is 3. The van der Waals surface area contributed by atoms with Gasteiger partial charge in [-0.2, -0.15) is 4.31 Å². The first-order valence-corrected chi connectivity index (χ1v) is 11.1. The van der Waals surface area contributed by atoms with Gasteiger partial charge in [0.2, 0.25) is 10.0 Å². The molecule has 1 aromatic carbocycles. The van der Waals surface area contributed by atoms with Crippen LogP contribution in [-0.2, 0) is 10.0 Å². The maximum Gasteiger partial charge on any atom is 0.251 e. The Balaban J connectivity index is 1.58. The third kappa shape index (κ3) is 2.69. The summed E-state index contributed by atoms with van der Waals surface area (Å²) >= 11 is 0. The fourth-order valence-corrected chi connectivity index (χ4v) is 6.84. The van der Waals surface area contributed by atoms with E-state index in [-0.39, 0.29) is 22.3 Å². The van der Waals surface area contributed by atoms with Crippen LogP contribution in [0.3, 0.4) is 0 Å².